The summed E-state index contributed by atoms with van der Waals surface area (Å²) in [6.45, 7) is 9.02. The number of hydrogen-bond donors (Lipinski definition) is 4. The van der Waals surface area contributed by atoms with Crippen molar-refractivity contribution in [1.82, 2.24) is 0 Å². The van der Waals surface area contributed by atoms with Gasteiger partial charge >= 0.3 is 5.97 Å². The highest BCUT2D eigenvalue weighted by molar-refractivity contribution is 6.05. The van der Waals surface area contributed by atoms with Crippen molar-refractivity contribution < 1.29 is 39.5 Å². The van der Waals surface area contributed by atoms with Gasteiger partial charge in [0.05, 0.1) is 11.5 Å². The fraction of sp³-hybridized carbons (Fsp3) is 0.818. The second-order valence-electron chi connectivity index (χ2n) is 10.6. The lowest BCUT2D eigenvalue weighted by Crippen LogP contribution is -2.87. The van der Waals surface area contributed by atoms with E-state index in [4.69, 9.17) is 9.47 Å². The molecular weight excluding hydrogens is 392 g/mol. The minimum Gasteiger partial charge on any atom is -0.462 e. The zero-order valence-electron chi connectivity index (χ0n) is 17.5. The highest BCUT2D eigenvalue weighted by atomic mass is 16.7. The first kappa shape index (κ1) is 20.6. The van der Waals surface area contributed by atoms with Crippen molar-refractivity contribution in [3.8, 4) is 0 Å². The van der Waals surface area contributed by atoms with Gasteiger partial charge in [-0.1, -0.05) is 20.4 Å². The SMILES string of the molecule is C=C1C(=O)C23C(O)C1CCC2C12C(O)OC3(O)C(O)C1C(C)(C)CCC2OC(C)=O. The Hall–Kier alpha value is -1.32. The van der Waals surface area contributed by atoms with Crippen LogP contribution in [0.1, 0.15) is 46.5 Å². The third kappa shape index (κ3) is 1.84. The lowest BCUT2D eigenvalue weighted by molar-refractivity contribution is -0.507. The molecule has 4 saturated carbocycles. The maximum atomic E-state index is 13.6. The smallest absolute Gasteiger partial charge is 0.302 e. The van der Waals surface area contributed by atoms with Crippen LogP contribution >= 0.6 is 0 Å². The fourth-order valence-corrected chi connectivity index (χ4v) is 8.30. The van der Waals surface area contributed by atoms with E-state index in [-0.39, 0.29) is 5.57 Å². The molecule has 2 aliphatic heterocycles. The molecule has 4 bridgehead atoms. The van der Waals surface area contributed by atoms with E-state index in [1.807, 2.05) is 13.8 Å². The Morgan fingerprint density at radius 3 is 2.47 bits per heavy atom. The third-order valence-electron chi connectivity index (χ3n) is 9.21. The molecule has 0 radical (unpaired) electrons. The number of esters is 1. The van der Waals surface area contributed by atoms with Gasteiger partial charge < -0.3 is 29.9 Å². The van der Waals surface area contributed by atoms with E-state index in [0.717, 1.165) is 0 Å². The number of carbonyl (C=O) groups is 2. The standard InChI is InChI=1S/C22H30O8/c1-9-11-5-6-12-20-13(29-10(2)23)7-8-19(3,4)14(20)17(26)22(28,30-18(20)27)21(12,15(9)24)16(11)25/h11-14,16-18,25-28H,1,5-8H2,2-4H3. The van der Waals surface area contributed by atoms with Gasteiger partial charge in [0, 0.05) is 18.8 Å². The number of hydrogen-bond acceptors (Lipinski definition) is 8. The van der Waals surface area contributed by atoms with Crippen LogP contribution in [0, 0.1) is 34.0 Å². The summed E-state index contributed by atoms with van der Waals surface area (Å²) in [7, 11) is 0. The summed E-state index contributed by atoms with van der Waals surface area (Å²) in [4.78, 5) is 25.5. The van der Waals surface area contributed by atoms with Gasteiger partial charge in [-0.3, -0.25) is 9.59 Å². The van der Waals surface area contributed by atoms with E-state index in [9.17, 15) is 30.0 Å². The Morgan fingerprint density at radius 2 is 1.83 bits per heavy atom. The molecule has 6 fully saturated rings. The van der Waals surface area contributed by atoms with Crippen LogP contribution in [0.5, 0.6) is 0 Å². The second-order valence-corrected chi connectivity index (χ2v) is 10.6. The average molecular weight is 422 g/mol. The summed E-state index contributed by atoms with van der Waals surface area (Å²) in [6.07, 6.45) is -3.39. The Labute approximate surface area is 174 Å². The zero-order valence-corrected chi connectivity index (χ0v) is 17.5. The van der Waals surface area contributed by atoms with Crippen molar-refractivity contribution in [2.45, 2.75) is 76.8 Å². The Bertz CT molecular complexity index is 852. The molecule has 8 heteroatoms. The van der Waals surface area contributed by atoms with E-state index >= 15 is 0 Å². The number of fused-ring (bicyclic) bond motifs is 2. The zero-order chi connectivity index (χ0) is 22.0. The van der Waals surface area contributed by atoms with Crippen molar-refractivity contribution >= 4 is 11.8 Å². The molecule has 2 heterocycles. The molecule has 10 unspecified atom stereocenters. The molecule has 6 rings (SSSR count). The van der Waals surface area contributed by atoms with Gasteiger partial charge in [0.15, 0.2) is 12.1 Å². The molecule has 0 aromatic rings. The van der Waals surface area contributed by atoms with Crippen molar-refractivity contribution in [3.05, 3.63) is 12.2 Å². The lowest BCUT2D eigenvalue weighted by Gasteiger charge is -2.75. The van der Waals surface area contributed by atoms with Gasteiger partial charge in [-0.05, 0) is 42.6 Å². The Kier molecular flexibility index (Phi) is 3.92. The van der Waals surface area contributed by atoms with Gasteiger partial charge in [0.1, 0.15) is 17.6 Å². The largest absolute Gasteiger partial charge is 0.462 e. The van der Waals surface area contributed by atoms with Crippen molar-refractivity contribution in [2.24, 2.45) is 34.0 Å². The van der Waals surface area contributed by atoms with Gasteiger partial charge in [-0.25, -0.2) is 0 Å². The summed E-state index contributed by atoms with van der Waals surface area (Å²) in [5, 5.41) is 45.8. The van der Waals surface area contributed by atoms with E-state index in [1.54, 1.807) is 0 Å². The first-order valence-corrected chi connectivity index (χ1v) is 10.7. The number of Topliss-reactive ketones (excluding diaryl/α,β-unsaturated/α-hetero) is 1. The topological polar surface area (TPSA) is 134 Å². The van der Waals surface area contributed by atoms with E-state index in [1.165, 1.54) is 6.92 Å². The predicted molar refractivity (Wildman–Crippen MR) is 101 cm³/mol. The number of rotatable bonds is 1. The summed E-state index contributed by atoms with van der Waals surface area (Å²) >= 11 is 0. The minimum absolute atomic E-state index is 0.211. The quantitative estimate of drug-likeness (QED) is 0.349. The molecule has 30 heavy (non-hydrogen) atoms. The second kappa shape index (κ2) is 5.72. The number of carbonyl (C=O) groups excluding carboxylic acids is 2. The summed E-state index contributed by atoms with van der Waals surface area (Å²) in [5.41, 5.74) is -3.53. The monoisotopic (exact) mass is 422 g/mol. The van der Waals surface area contributed by atoms with Crippen LogP contribution in [0.25, 0.3) is 0 Å². The lowest BCUT2D eigenvalue weighted by atomic mass is 9.35. The average Bonchev–Trinajstić information content (AvgIpc) is 2.74. The molecule has 2 saturated heterocycles. The highest BCUT2D eigenvalue weighted by Crippen LogP contribution is 2.77. The number of ketones is 1. The molecule has 0 aromatic carbocycles. The van der Waals surface area contributed by atoms with E-state index in [2.05, 4.69) is 6.58 Å². The van der Waals surface area contributed by atoms with Gasteiger partial charge in [-0.15, -0.1) is 0 Å². The third-order valence-corrected chi connectivity index (χ3v) is 9.21. The maximum Gasteiger partial charge on any atom is 0.302 e. The van der Waals surface area contributed by atoms with Crippen molar-refractivity contribution in [2.75, 3.05) is 0 Å². The van der Waals surface area contributed by atoms with Gasteiger partial charge in [0.25, 0.3) is 0 Å². The van der Waals surface area contributed by atoms with Crippen LogP contribution < -0.4 is 0 Å². The highest BCUT2D eigenvalue weighted by Gasteiger charge is 2.89. The maximum absolute atomic E-state index is 13.6. The van der Waals surface area contributed by atoms with Crippen LogP contribution in [0.2, 0.25) is 0 Å². The van der Waals surface area contributed by atoms with Crippen molar-refractivity contribution in [3.63, 3.8) is 0 Å². The van der Waals surface area contributed by atoms with E-state index < -0.39 is 76.1 Å². The Morgan fingerprint density at radius 1 is 1.17 bits per heavy atom. The van der Waals surface area contributed by atoms with Crippen LogP contribution in [0.3, 0.4) is 0 Å². The van der Waals surface area contributed by atoms with Crippen LogP contribution in [-0.4, -0.2) is 62.6 Å². The minimum atomic E-state index is -2.46. The number of aliphatic hydroxyl groups excluding tert-OH is 3. The van der Waals surface area contributed by atoms with Gasteiger partial charge in [-0.2, -0.15) is 0 Å². The fourth-order valence-electron chi connectivity index (χ4n) is 8.30. The summed E-state index contributed by atoms with van der Waals surface area (Å²) in [5.74, 6) is -5.52. The predicted octanol–water partition coefficient (Wildman–Crippen LogP) is 0.265. The van der Waals surface area contributed by atoms with Crippen molar-refractivity contribution in [1.29, 1.82) is 0 Å². The molecule has 0 aromatic heterocycles. The molecule has 6 aliphatic rings. The molecule has 4 aliphatic carbocycles. The first-order chi connectivity index (χ1) is 13.9. The molecular formula is C22H30O8. The molecule has 0 amide bonds. The summed E-state index contributed by atoms with van der Waals surface area (Å²) < 4.78 is 11.4. The van der Waals surface area contributed by atoms with Crippen LogP contribution in [-0.2, 0) is 19.1 Å². The molecule has 4 N–H and O–H groups in total. The summed E-state index contributed by atoms with van der Waals surface area (Å²) in [6, 6.07) is 0. The normalized spacial score (nSPS) is 55.8. The van der Waals surface area contributed by atoms with Crippen LogP contribution in [0.4, 0.5) is 0 Å². The van der Waals surface area contributed by atoms with Gasteiger partial charge in [0.2, 0.25) is 5.79 Å². The first-order valence-electron chi connectivity index (χ1n) is 10.7. The van der Waals surface area contributed by atoms with Crippen LogP contribution in [0.15, 0.2) is 12.2 Å². The number of ether oxygens (including phenoxy) is 2. The molecule has 2 spiro atoms. The molecule has 166 valence electrons. The molecule has 8 nitrogen and oxygen atoms in total. The van der Waals surface area contributed by atoms with E-state index in [0.29, 0.717) is 25.7 Å². The Balaban J connectivity index is 1.82. The molecule has 10 atom stereocenters. The number of aliphatic hydroxyl groups is 4.